The first-order valence-electron chi connectivity index (χ1n) is 24.6. The average molecular weight is 813 g/mol. The lowest BCUT2D eigenvalue weighted by Gasteiger charge is -2.18. The maximum atomic E-state index is 12.7. The monoisotopic (exact) mass is 813 g/mol. The van der Waals surface area contributed by atoms with Crippen LogP contribution < -0.4 is 0 Å². The number of ether oxygens (including phenoxy) is 3. The quantitative estimate of drug-likeness (QED) is 0.0264. The van der Waals surface area contributed by atoms with Gasteiger partial charge in [0.2, 0.25) is 0 Å². The van der Waals surface area contributed by atoms with E-state index in [0.717, 1.165) is 96.3 Å². The predicted octanol–water partition coefficient (Wildman–Crippen LogP) is 15.9. The van der Waals surface area contributed by atoms with Crippen LogP contribution in [0.3, 0.4) is 0 Å². The summed E-state index contributed by atoms with van der Waals surface area (Å²) in [6, 6.07) is 0. The van der Waals surface area contributed by atoms with E-state index in [1.165, 1.54) is 109 Å². The Morgan fingerprint density at radius 2 is 0.621 bits per heavy atom. The van der Waals surface area contributed by atoms with Crippen LogP contribution in [0.25, 0.3) is 0 Å². The second-order valence-electron chi connectivity index (χ2n) is 16.4. The average Bonchev–Trinajstić information content (AvgIpc) is 3.22. The van der Waals surface area contributed by atoms with Crippen molar-refractivity contribution in [2.24, 2.45) is 0 Å². The molecule has 0 saturated heterocycles. The van der Waals surface area contributed by atoms with E-state index in [1.807, 2.05) is 0 Å². The minimum atomic E-state index is -0.777. The molecule has 0 radical (unpaired) electrons. The van der Waals surface area contributed by atoms with Crippen LogP contribution in [0.1, 0.15) is 245 Å². The minimum absolute atomic E-state index is 0.0814. The minimum Gasteiger partial charge on any atom is -0.462 e. The maximum Gasteiger partial charge on any atom is 0.306 e. The molecule has 0 aromatic carbocycles. The molecule has 336 valence electrons. The molecule has 0 aliphatic carbocycles. The Bertz CT molecular complexity index is 1030. The Balaban J connectivity index is 4.20. The summed E-state index contributed by atoms with van der Waals surface area (Å²) < 4.78 is 16.6. The van der Waals surface area contributed by atoms with Gasteiger partial charge >= 0.3 is 17.9 Å². The fraction of sp³-hybridized carbons (Fsp3) is 0.788. The van der Waals surface area contributed by atoms with Gasteiger partial charge in [0.25, 0.3) is 0 Å². The van der Waals surface area contributed by atoms with Crippen molar-refractivity contribution in [3.63, 3.8) is 0 Å². The zero-order chi connectivity index (χ0) is 42.3. The first-order chi connectivity index (χ1) is 28.5. The summed E-state index contributed by atoms with van der Waals surface area (Å²) in [5.41, 5.74) is 0. The summed E-state index contributed by atoms with van der Waals surface area (Å²) in [5, 5.41) is 0. The van der Waals surface area contributed by atoms with Crippen molar-refractivity contribution < 1.29 is 28.6 Å². The highest BCUT2D eigenvalue weighted by atomic mass is 16.6. The third-order valence-electron chi connectivity index (χ3n) is 10.6. The standard InChI is InChI=1S/C52H92O6/c1-4-7-10-13-15-17-19-21-23-24-25-26-27-28-29-31-32-34-36-39-42-45-51(54)57-48-49(47-56-50(53)44-41-38-12-9-6-3)58-52(55)46-43-40-37-35-33-30-22-20-18-16-14-11-8-5-2/h19-22,24-25,27-28,49H,4-18,23,26,29-48H2,1-3H3/b21-19-,22-20-,25-24-,28-27-. The van der Waals surface area contributed by atoms with Crippen LogP contribution in [0.5, 0.6) is 0 Å². The molecule has 6 nitrogen and oxygen atoms in total. The zero-order valence-electron chi connectivity index (χ0n) is 38.3. The molecule has 0 amide bonds. The Labute approximate surface area is 358 Å². The van der Waals surface area contributed by atoms with Crippen LogP contribution in [0.15, 0.2) is 48.6 Å². The van der Waals surface area contributed by atoms with Gasteiger partial charge in [-0.05, 0) is 83.5 Å². The molecular formula is C52H92O6. The molecular weight excluding hydrogens is 721 g/mol. The van der Waals surface area contributed by atoms with Gasteiger partial charge in [-0.25, -0.2) is 0 Å². The SMILES string of the molecule is CCCCCCC/C=C\C/C=C\C/C=C\CCCCCCCCC(=O)OCC(COC(=O)CCCCCCC)OC(=O)CCCCCCC/C=C\CCCCCCC. The van der Waals surface area contributed by atoms with Gasteiger partial charge in [-0.3, -0.25) is 14.4 Å². The Hall–Kier alpha value is -2.63. The van der Waals surface area contributed by atoms with E-state index in [2.05, 4.69) is 69.4 Å². The van der Waals surface area contributed by atoms with E-state index in [0.29, 0.717) is 19.3 Å². The van der Waals surface area contributed by atoms with Crippen molar-refractivity contribution in [3.8, 4) is 0 Å². The first kappa shape index (κ1) is 55.4. The highest BCUT2D eigenvalue weighted by Crippen LogP contribution is 2.13. The molecule has 58 heavy (non-hydrogen) atoms. The largest absolute Gasteiger partial charge is 0.462 e. The van der Waals surface area contributed by atoms with Gasteiger partial charge in [-0.2, -0.15) is 0 Å². The van der Waals surface area contributed by atoms with E-state index in [1.54, 1.807) is 0 Å². The lowest BCUT2D eigenvalue weighted by atomic mass is 10.1. The van der Waals surface area contributed by atoms with Gasteiger partial charge in [-0.15, -0.1) is 0 Å². The highest BCUT2D eigenvalue weighted by Gasteiger charge is 2.19. The fourth-order valence-electron chi connectivity index (χ4n) is 6.80. The number of carbonyl (C=O) groups is 3. The number of esters is 3. The van der Waals surface area contributed by atoms with Crippen LogP contribution >= 0.6 is 0 Å². The van der Waals surface area contributed by atoms with Crippen LogP contribution in [-0.2, 0) is 28.6 Å². The highest BCUT2D eigenvalue weighted by molar-refractivity contribution is 5.71. The van der Waals surface area contributed by atoms with Crippen molar-refractivity contribution in [1.82, 2.24) is 0 Å². The van der Waals surface area contributed by atoms with Gasteiger partial charge in [-0.1, -0.05) is 191 Å². The molecule has 0 bridgehead atoms. The Morgan fingerprint density at radius 3 is 0.983 bits per heavy atom. The molecule has 0 aromatic rings. The van der Waals surface area contributed by atoms with Crippen molar-refractivity contribution in [3.05, 3.63) is 48.6 Å². The predicted molar refractivity (Wildman–Crippen MR) is 247 cm³/mol. The summed E-state index contributed by atoms with van der Waals surface area (Å²) in [5.74, 6) is -0.915. The molecule has 6 heteroatoms. The van der Waals surface area contributed by atoms with Crippen molar-refractivity contribution in [2.45, 2.75) is 252 Å². The van der Waals surface area contributed by atoms with Crippen molar-refractivity contribution in [1.29, 1.82) is 0 Å². The van der Waals surface area contributed by atoms with Gasteiger partial charge in [0.05, 0.1) is 0 Å². The molecule has 0 saturated carbocycles. The third-order valence-corrected chi connectivity index (χ3v) is 10.6. The summed E-state index contributed by atoms with van der Waals surface area (Å²) in [4.78, 5) is 37.6. The first-order valence-corrected chi connectivity index (χ1v) is 24.6. The number of unbranched alkanes of at least 4 members (excludes halogenated alkanes) is 25. The molecule has 0 aliphatic heterocycles. The maximum absolute atomic E-state index is 12.7. The van der Waals surface area contributed by atoms with Gasteiger partial charge in [0.15, 0.2) is 6.10 Å². The van der Waals surface area contributed by atoms with E-state index in [-0.39, 0.29) is 31.1 Å². The third kappa shape index (κ3) is 44.5. The van der Waals surface area contributed by atoms with E-state index >= 15 is 0 Å². The van der Waals surface area contributed by atoms with Gasteiger partial charge in [0.1, 0.15) is 13.2 Å². The molecule has 0 rings (SSSR count). The fourth-order valence-corrected chi connectivity index (χ4v) is 6.80. The molecule has 0 aliphatic rings. The van der Waals surface area contributed by atoms with E-state index in [9.17, 15) is 14.4 Å². The van der Waals surface area contributed by atoms with Crippen LogP contribution in [0.4, 0.5) is 0 Å². The number of allylic oxidation sites excluding steroid dienone is 8. The lowest BCUT2D eigenvalue weighted by Crippen LogP contribution is -2.30. The molecule has 1 atom stereocenters. The number of rotatable bonds is 44. The summed E-state index contributed by atoms with van der Waals surface area (Å²) in [6.45, 7) is 6.51. The van der Waals surface area contributed by atoms with Gasteiger partial charge in [0, 0.05) is 19.3 Å². The summed E-state index contributed by atoms with van der Waals surface area (Å²) in [7, 11) is 0. The molecule has 1 unspecified atom stereocenters. The number of carbonyl (C=O) groups excluding carboxylic acids is 3. The normalized spacial score (nSPS) is 12.4. The molecule has 0 spiro atoms. The van der Waals surface area contributed by atoms with Crippen LogP contribution in [-0.4, -0.2) is 37.2 Å². The number of hydrogen-bond donors (Lipinski definition) is 0. The van der Waals surface area contributed by atoms with E-state index < -0.39 is 6.10 Å². The smallest absolute Gasteiger partial charge is 0.306 e. The molecule has 0 fully saturated rings. The Kier molecular flexibility index (Phi) is 44.9. The van der Waals surface area contributed by atoms with Crippen LogP contribution in [0, 0.1) is 0 Å². The molecule has 0 heterocycles. The second kappa shape index (κ2) is 47.1. The Morgan fingerprint density at radius 1 is 0.345 bits per heavy atom. The second-order valence-corrected chi connectivity index (χ2v) is 16.4. The van der Waals surface area contributed by atoms with E-state index in [4.69, 9.17) is 14.2 Å². The summed E-state index contributed by atoms with van der Waals surface area (Å²) in [6.07, 6.45) is 55.5. The lowest BCUT2D eigenvalue weighted by molar-refractivity contribution is -0.167. The van der Waals surface area contributed by atoms with Crippen molar-refractivity contribution >= 4 is 17.9 Å². The van der Waals surface area contributed by atoms with Gasteiger partial charge < -0.3 is 14.2 Å². The van der Waals surface area contributed by atoms with Crippen LogP contribution in [0.2, 0.25) is 0 Å². The zero-order valence-corrected chi connectivity index (χ0v) is 38.3. The number of hydrogen-bond acceptors (Lipinski definition) is 6. The molecule has 0 aromatic heterocycles. The topological polar surface area (TPSA) is 78.9 Å². The van der Waals surface area contributed by atoms with Crippen molar-refractivity contribution in [2.75, 3.05) is 13.2 Å². The summed E-state index contributed by atoms with van der Waals surface area (Å²) >= 11 is 0. The molecule has 0 N–H and O–H groups in total.